The molecule has 0 aliphatic carbocycles. The van der Waals surface area contributed by atoms with Crippen molar-refractivity contribution in [2.45, 2.75) is 47.0 Å². The van der Waals surface area contributed by atoms with Crippen LogP contribution in [0.3, 0.4) is 0 Å². The number of nitrogens with zero attached hydrogens (tertiary/aromatic N) is 1. The van der Waals surface area contributed by atoms with Crippen molar-refractivity contribution in [3.8, 4) is 0 Å². The Labute approximate surface area is 104 Å². The number of nitrogens with one attached hydrogen (secondary N) is 1. The average molecular weight is 234 g/mol. The summed E-state index contributed by atoms with van der Waals surface area (Å²) in [6.45, 7) is 12.0. The standard InChI is InChI=1S/C14H22N2O/c1-13(2,3)10-7-11(9-15-8-10)16-12(17)14(4,5)6/h7-9H,1-6H3,(H,16,17). The lowest BCUT2D eigenvalue weighted by Gasteiger charge is -2.21. The Morgan fingerprint density at radius 1 is 1.12 bits per heavy atom. The zero-order chi connectivity index (χ0) is 13.3. The first-order chi connectivity index (χ1) is 7.60. The van der Waals surface area contributed by atoms with E-state index in [0.29, 0.717) is 0 Å². The van der Waals surface area contributed by atoms with Crippen molar-refractivity contribution in [3.63, 3.8) is 0 Å². The van der Waals surface area contributed by atoms with E-state index >= 15 is 0 Å². The molecule has 0 aromatic carbocycles. The minimum atomic E-state index is -0.391. The molecular formula is C14H22N2O. The fourth-order valence-electron chi connectivity index (χ4n) is 1.24. The highest BCUT2D eigenvalue weighted by Crippen LogP contribution is 2.24. The van der Waals surface area contributed by atoms with Crippen LogP contribution < -0.4 is 5.32 Å². The molecule has 0 saturated carbocycles. The first-order valence-corrected chi connectivity index (χ1v) is 5.88. The number of aromatic nitrogens is 1. The summed E-state index contributed by atoms with van der Waals surface area (Å²) in [4.78, 5) is 16.0. The van der Waals surface area contributed by atoms with E-state index in [1.54, 1.807) is 6.20 Å². The first-order valence-electron chi connectivity index (χ1n) is 5.88. The zero-order valence-electron chi connectivity index (χ0n) is 11.6. The molecule has 1 aromatic rings. The van der Waals surface area contributed by atoms with Crippen molar-refractivity contribution in [2.75, 3.05) is 5.32 Å². The number of hydrogen-bond acceptors (Lipinski definition) is 2. The summed E-state index contributed by atoms with van der Waals surface area (Å²) < 4.78 is 0. The predicted octanol–water partition coefficient (Wildman–Crippen LogP) is 3.36. The van der Waals surface area contributed by atoms with Crippen molar-refractivity contribution >= 4 is 11.6 Å². The lowest BCUT2D eigenvalue weighted by atomic mass is 9.88. The summed E-state index contributed by atoms with van der Waals surface area (Å²) in [5, 5.41) is 2.89. The summed E-state index contributed by atoms with van der Waals surface area (Å²) >= 11 is 0. The van der Waals surface area contributed by atoms with Crippen LogP contribution in [0.5, 0.6) is 0 Å². The van der Waals surface area contributed by atoms with E-state index < -0.39 is 5.41 Å². The minimum Gasteiger partial charge on any atom is -0.324 e. The number of anilines is 1. The summed E-state index contributed by atoms with van der Waals surface area (Å²) in [6.07, 6.45) is 3.52. The van der Waals surface area contributed by atoms with Crippen LogP contribution in [0.25, 0.3) is 0 Å². The van der Waals surface area contributed by atoms with Gasteiger partial charge in [-0.1, -0.05) is 41.5 Å². The van der Waals surface area contributed by atoms with Crippen LogP contribution in [0.1, 0.15) is 47.1 Å². The van der Waals surface area contributed by atoms with Gasteiger partial charge in [-0.05, 0) is 17.0 Å². The molecule has 0 aliphatic heterocycles. The van der Waals surface area contributed by atoms with Crippen LogP contribution >= 0.6 is 0 Å². The molecular weight excluding hydrogens is 212 g/mol. The highest BCUT2D eigenvalue weighted by Gasteiger charge is 2.22. The number of carbonyl (C=O) groups is 1. The molecule has 1 amide bonds. The van der Waals surface area contributed by atoms with Gasteiger partial charge < -0.3 is 5.32 Å². The lowest BCUT2D eigenvalue weighted by molar-refractivity contribution is -0.123. The van der Waals surface area contributed by atoms with Gasteiger partial charge in [0.1, 0.15) is 0 Å². The molecule has 0 bridgehead atoms. The molecule has 3 nitrogen and oxygen atoms in total. The third kappa shape index (κ3) is 3.84. The maximum atomic E-state index is 11.9. The SMILES string of the molecule is CC(C)(C)C(=O)Nc1cncc(C(C)(C)C)c1. The van der Waals surface area contributed by atoms with Crippen molar-refractivity contribution in [1.29, 1.82) is 0 Å². The van der Waals surface area contributed by atoms with E-state index in [4.69, 9.17) is 0 Å². The molecule has 0 radical (unpaired) electrons. The Balaban J connectivity index is 2.91. The highest BCUT2D eigenvalue weighted by molar-refractivity contribution is 5.94. The Morgan fingerprint density at radius 3 is 2.18 bits per heavy atom. The molecule has 0 unspecified atom stereocenters. The predicted molar refractivity (Wildman–Crippen MR) is 71.0 cm³/mol. The zero-order valence-corrected chi connectivity index (χ0v) is 11.6. The van der Waals surface area contributed by atoms with Crippen molar-refractivity contribution in [1.82, 2.24) is 4.98 Å². The van der Waals surface area contributed by atoms with Gasteiger partial charge in [0.25, 0.3) is 0 Å². The number of rotatable bonds is 1. The third-order valence-electron chi connectivity index (χ3n) is 2.54. The summed E-state index contributed by atoms with van der Waals surface area (Å²) in [6, 6.07) is 1.98. The molecule has 3 heteroatoms. The monoisotopic (exact) mass is 234 g/mol. The van der Waals surface area contributed by atoms with Gasteiger partial charge in [0, 0.05) is 11.6 Å². The second kappa shape index (κ2) is 4.47. The minimum absolute atomic E-state index is 0.00496. The first kappa shape index (κ1) is 13.7. The van der Waals surface area contributed by atoms with Gasteiger partial charge in [0.15, 0.2) is 0 Å². The van der Waals surface area contributed by atoms with Crippen LogP contribution in [-0.4, -0.2) is 10.9 Å². The fourth-order valence-corrected chi connectivity index (χ4v) is 1.24. The number of amides is 1. The van der Waals surface area contributed by atoms with Gasteiger partial charge >= 0.3 is 0 Å². The molecule has 1 heterocycles. The van der Waals surface area contributed by atoms with E-state index in [1.165, 1.54) is 0 Å². The van der Waals surface area contributed by atoms with E-state index in [0.717, 1.165) is 11.3 Å². The quantitative estimate of drug-likeness (QED) is 0.809. The fraction of sp³-hybridized carbons (Fsp3) is 0.571. The Kier molecular flexibility index (Phi) is 3.60. The second-order valence-electron chi connectivity index (χ2n) is 6.42. The van der Waals surface area contributed by atoms with E-state index in [-0.39, 0.29) is 11.3 Å². The van der Waals surface area contributed by atoms with Gasteiger partial charge in [-0.25, -0.2) is 0 Å². The molecule has 0 atom stereocenters. The number of carbonyl (C=O) groups excluding carboxylic acids is 1. The van der Waals surface area contributed by atoms with Gasteiger partial charge in [-0.15, -0.1) is 0 Å². The molecule has 17 heavy (non-hydrogen) atoms. The third-order valence-corrected chi connectivity index (χ3v) is 2.54. The Bertz CT molecular complexity index is 411. The number of pyridine rings is 1. The van der Waals surface area contributed by atoms with Crippen LogP contribution in [0.2, 0.25) is 0 Å². The highest BCUT2D eigenvalue weighted by atomic mass is 16.2. The van der Waals surface area contributed by atoms with Crippen LogP contribution in [0.4, 0.5) is 5.69 Å². The van der Waals surface area contributed by atoms with Crippen LogP contribution in [-0.2, 0) is 10.2 Å². The smallest absolute Gasteiger partial charge is 0.229 e. The largest absolute Gasteiger partial charge is 0.324 e. The topological polar surface area (TPSA) is 42.0 Å². The molecule has 0 aliphatic rings. The molecule has 94 valence electrons. The number of hydrogen-bond donors (Lipinski definition) is 1. The van der Waals surface area contributed by atoms with E-state index in [9.17, 15) is 4.79 Å². The van der Waals surface area contributed by atoms with Gasteiger partial charge in [0.05, 0.1) is 11.9 Å². The molecule has 0 fully saturated rings. The maximum Gasteiger partial charge on any atom is 0.229 e. The van der Waals surface area contributed by atoms with E-state index in [2.05, 4.69) is 31.1 Å². The van der Waals surface area contributed by atoms with Gasteiger partial charge in [0.2, 0.25) is 5.91 Å². The normalized spacial score (nSPS) is 12.4. The summed E-state index contributed by atoms with van der Waals surface area (Å²) in [5.74, 6) is 0.00496. The van der Waals surface area contributed by atoms with Crippen LogP contribution in [0.15, 0.2) is 18.5 Å². The lowest BCUT2D eigenvalue weighted by Crippen LogP contribution is -2.27. The molecule has 0 spiro atoms. The van der Waals surface area contributed by atoms with Gasteiger partial charge in [-0.2, -0.15) is 0 Å². The Hall–Kier alpha value is -1.38. The molecule has 1 aromatic heterocycles. The van der Waals surface area contributed by atoms with E-state index in [1.807, 2.05) is 33.0 Å². The summed E-state index contributed by atoms with van der Waals surface area (Å²) in [7, 11) is 0. The maximum absolute atomic E-state index is 11.9. The van der Waals surface area contributed by atoms with Crippen molar-refractivity contribution < 1.29 is 4.79 Å². The van der Waals surface area contributed by atoms with Crippen molar-refractivity contribution in [3.05, 3.63) is 24.0 Å². The molecule has 1 rings (SSSR count). The second-order valence-corrected chi connectivity index (χ2v) is 6.42. The average Bonchev–Trinajstić information content (AvgIpc) is 2.15. The van der Waals surface area contributed by atoms with Crippen molar-refractivity contribution in [2.24, 2.45) is 5.41 Å². The molecule has 1 N–H and O–H groups in total. The Morgan fingerprint density at radius 2 is 1.71 bits per heavy atom. The molecule has 0 saturated heterocycles. The van der Waals surface area contributed by atoms with Crippen LogP contribution in [0, 0.1) is 5.41 Å². The van der Waals surface area contributed by atoms with Gasteiger partial charge in [-0.3, -0.25) is 9.78 Å². The summed E-state index contributed by atoms with van der Waals surface area (Å²) in [5.41, 5.74) is 1.52.